The summed E-state index contributed by atoms with van der Waals surface area (Å²) in [6.45, 7) is 11.1. The number of hydrogen-bond donors (Lipinski definition) is 2. The van der Waals surface area contributed by atoms with Crippen LogP contribution < -0.4 is 15.4 Å². The zero-order valence-corrected chi connectivity index (χ0v) is 14.6. The summed E-state index contributed by atoms with van der Waals surface area (Å²) >= 11 is 0. The van der Waals surface area contributed by atoms with E-state index >= 15 is 0 Å². The first-order valence-corrected chi connectivity index (χ1v) is 8.32. The lowest BCUT2D eigenvalue weighted by molar-refractivity contribution is 0.242. The Morgan fingerprint density at radius 3 is 2.17 bits per heavy atom. The maximum atomic E-state index is 5.65. The van der Waals surface area contributed by atoms with Gasteiger partial charge in [0.15, 0.2) is 0 Å². The van der Waals surface area contributed by atoms with Gasteiger partial charge in [-0.3, -0.25) is 0 Å². The number of para-hydroxylation sites is 1. The minimum atomic E-state index is 0.218. The van der Waals surface area contributed by atoms with E-state index < -0.39 is 0 Å². The summed E-state index contributed by atoms with van der Waals surface area (Å²) in [7, 11) is 0. The fourth-order valence-corrected chi connectivity index (χ4v) is 2.56. The molecule has 0 radical (unpaired) electrons. The summed E-state index contributed by atoms with van der Waals surface area (Å²) in [5, 5.41) is 6.98. The first-order chi connectivity index (χ1) is 11.1. The lowest BCUT2D eigenvalue weighted by Gasteiger charge is -2.13. The van der Waals surface area contributed by atoms with E-state index in [9.17, 15) is 0 Å². The Morgan fingerprint density at radius 2 is 1.57 bits per heavy atom. The molecule has 0 aromatic heterocycles. The van der Waals surface area contributed by atoms with E-state index in [-0.39, 0.29) is 6.10 Å². The lowest BCUT2D eigenvalue weighted by Crippen LogP contribution is -2.22. The predicted molar refractivity (Wildman–Crippen MR) is 98.3 cm³/mol. The van der Waals surface area contributed by atoms with Crippen molar-refractivity contribution in [2.45, 2.75) is 40.3 Å². The molecule has 0 spiro atoms. The SMILES string of the molecule is Cc1cccc(C)c1NCCNCc1ccc(OC(C)C)cc1. The molecule has 23 heavy (non-hydrogen) atoms. The zero-order chi connectivity index (χ0) is 16.7. The van der Waals surface area contributed by atoms with E-state index in [1.165, 1.54) is 22.4 Å². The smallest absolute Gasteiger partial charge is 0.119 e. The van der Waals surface area contributed by atoms with Gasteiger partial charge in [-0.05, 0) is 56.5 Å². The zero-order valence-electron chi connectivity index (χ0n) is 14.6. The third-order valence-corrected chi connectivity index (χ3v) is 3.71. The van der Waals surface area contributed by atoms with Crippen molar-refractivity contribution in [3.63, 3.8) is 0 Å². The molecule has 0 bridgehead atoms. The van der Waals surface area contributed by atoms with Crippen LogP contribution >= 0.6 is 0 Å². The van der Waals surface area contributed by atoms with Crippen LogP contribution in [0.4, 0.5) is 5.69 Å². The van der Waals surface area contributed by atoms with E-state index in [0.717, 1.165) is 25.4 Å². The highest BCUT2D eigenvalue weighted by Gasteiger charge is 2.01. The Kier molecular flexibility index (Phi) is 6.48. The van der Waals surface area contributed by atoms with Gasteiger partial charge >= 0.3 is 0 Å². The first kappa shape index (κ1) is 17.4. The molecule has 124 valence electrons. The monoisotopic (exact) mass is 312 g/mol. The molecule has 0 heterocycles. The van der Waals surface area contributed by atoms with Gasteiger partial charge in [0.2, 0.25) is 0 Å². The molecule has 0 atom stereocenters. The fourth-order valence-electron chi connectivity index (χ4n) is 2.56. The molecular weight excluding hydrogens is 284 g/mol. The standard InChI is InChI=1S/C20H28N2O/c1-15(2)23-19-10-8-18(9-11-19)14-21-12-13-22-20-16(3)6-5-7-17(20)4/h5-11,15,21-22H,12-14H2,1-4H3. The van der Waals surface area contributed by atoms with Crippen LogP contribution in [0.5, 0.6) is 5.75 Å². The molecule has 0 fully saturated rings. The molecule has 3 nitrogen and oxygen atoms in total. The molecule has 0 aliphatic carbocycles. The van der Waals surface area contributed by atoms with Crippen molar-refractivity contribution in [1.29, 1.82) is 0 Å². The van der Waals surface area contributed by atoms with Crippen LogP contribution in [0, 0.1) is 13.8 Å². The van der Waals surface area contributed by atoms with E-state index in [2.05, 4.69) is 54.8 Å². The number of nitrogens with one attached hydrogen (secondary N) is 2. The molecule has 2 aromatic carbocycles. The van der Waals surface area contributed by atoms with E-state index in [1.807, 2.05) is 26.0 Å². The summed E-state index contributed by atoms with van der Waals surface area (Å²) in [5.41, 5.74) is 5.12. The van der Waals surface area contributed by atoms with Gasteiger partial charge in [-0.2, -0.15) is 0 Å². The minimum Gasteiger partial charge on any atom is -0.491 e. The number of hydrogen-bond acceptors (Lipinski definition) is 3. The highest BCUT2D eigenvalue weighted by molar-refractivity contribution is 5.56. The van der Waals surface area contributed by atoms with Crippen molar-refractivity contribution < 1.29 is 4.74 Å². The van der Waals surface area contributed by atoms with Gasteiger partial charge in [0.05, 0.1) is 6.10 Å². The topological polar surface area (TPSA) is 33.3 Å². The van der Waals surface area contributed by atoms with Gasteiger partial charge in [-0.25, -0.2) is 0 Å². The van der Waals surface area contributed by atoms with Crippen LogP contribution in [-0.2, 0) is 6.54 Å². The van der Waals surface area contributed by atoms with Crippen LogP contribution in [0.2, 0.25) is 0 Å². The molecule has 0 unspecified atom stereocenters. The van der Waals surface area contributed by atoms with Crippen LogP contribution in [0.15, 0.2) is 42.5 Å². The second kappa shape index (κ2) is 8.59. The number of ether oxygens (including phenoxy) is 1. The Morgan fingerprint density at radius 1 is 0.913 bits per heavy atom. The number of rotatable bonds is 8. The Balaban J connectivity index is 1.71. The number of aryl methyl sites for hydroxylation is 2. The normalized spacial score (nSPS) is 10.8. The second-order valence-corrected chi connectivity index (χ2v) is 6.18. The predicted octanol–water partition coefficient (Wildman–Crippen LogP) is 4.29. The molecule has 0 saturated heterocycles. The Hall–Kier alpha value is -2.00. The van der Waals surface area contributed by atoms with Gasteiger partial charge < -0.3 is 15.4 Å². The highest BCUT2D eigenvalue weighted by atomic mass is 16.5. The maximum absolute atomic E-state index is 5.65. The van der Waals surface area contributed by atoms with E-state index in [0.29, 0.717) is 0 Å². The summed E-state index contributed by atoms with van der Waals surface area (Å²) in [5.74, 6) is 0.931. The molecule has 0 saturated carbocycles. The largest absolute Gasteiger partial charge is 0.491 e. The molecule has 3 heteroatoms. The second-order valence-electron chi connectivity index (χ2n) is 6.18. The van der Waals surface area contributed by atoms with Crippen molar-refractivity contribution in [2.75, 3.05) is 18.4 Å². The molecule has 0 aliphatic rings. The Bertz CT molecular complexity index is 585. The van der Waals surface area contributed by atoms with Gasteiger partial charge in [0.1, 0.15) is 5.75 Å². The third kappa shape index (κ3) is 5.61. The molecule has 0 aliphatic heterocycles. The highest BCUT2D eigenvalue weighted by Crippen LogP contribution is 2.18. The summed E-state index contributed by atoms with van der Waals surface area (Å²) in [6.07, 6.45) is 0.218. The first-order valence-electron chi connectivity index (χ1n) is 8.32. The van der Waals surface area contributed by atoms with Crippen molar-refractivity contribution in [2.24, 2.45) is 0 Å². The molecular formula is C20H28N2O. The van der Waals surface area contributed by atoms with Gasteiger partial charge in [0, 0.05) is 25.3 Å². The molecule has 2 aromatic rings. The van der Waals surface area contributed by atoms with Crippen molar-refractivity contribution >= 4 is 5.69 Å². The van der Waals surface area contributed by atoms with Gasteiger partial charge in [-0.1, -0.05) is 30.3 Å². The number of anilines is 1. The van der Waals surface area contributed by atoms with Crippen molar-refractivity contribution in [3.05, 3.63) is 59.2 Å². The van der Waals surface area contributed by atoms with E-state index in [1.54, 1.807) is 0 Å². The van der Waals surface area contributed by atoms with Crippen LogP contribution in [0.3, 0.4) is 0 Å². The van der Waals surface area contributed by atoms with Gasteiger partial charge in [0.25, 0.3) is 0 Å². The van der Waals surface area contributed by atoms with Crippen molar-refractivity contribution in [1.82, 2.24) is 5.32 Å². The summed E-state index contributed by atoms with van der Waals surface area (Å²) < 4.78 is 5.65. The van der Waals surface area contributed by atoms with Crippen LogP contribution in [-0.4, -0.2) is 19.2 Å². The Labute approximate surface area is 140 Å². The molecule has 2 N–H and O–H groups in total. The van der Waals surface area contributed by atoms with Crippen molar-refractivity contribution in [3.8, 4) is 5.75 Å². The minimum absolute atomic E-state index is 0.218. The van der Waals surface area contributed by atoms with Crippen LogP contribution in [0.25, 0.3) is 0 Å². The summed E-state index contributed by atoms with van der Waals surface area (Å²) in [6, 6.07) is 14.7. The van der Waals surface area contributed by atoms with Crippen LogP contribution in [0.1, 0.15) is 30.5 Å². The van der Waals surface area contributed by atoms with Gasteiger partial charge in [-0.15, -0.1) is 0 Å². The average molecular weight is 312 g/mol. The fraction of sp³-hybridized carbons (Fsp3) is 0.400. The quantitative estimate of drug-likeness (QED) is 0.713. The number of benzene rings is 2. The molecule has 0 amide bonds. The molecule has 2 rings (SSSR count). The third-order valence-electron chi connectivity index (χ3n) is 3.71. The lowest BCUT2D eigenvalue weighted by atomic mass is 10.1. The average Bonchev–Trinajstić information content (AvgIpc) is 2.50. The van der Waals surface area contributed by atoms with E-state index in [4.69, 9.17) is 4.74 Å². The summed E-state index contributed by atoms with van der Waals surface area (Å²) in [4.78, 5) is 0. The maximum Gasteiger partial charge on any atom is 0.119 e.